The molecular weight excluding hydrogens is 628 g/mol. The number of carboxylic acid groups (broad SMARTS) is 1. The molecule has 236 valence electrons. The van der Waals surface area contributed by atoms with Crippen LogP contribution in [-0.4, -0.2) is 95.0 Å². The van der Waals surface area contributed by atoms with Gasteiger partial charge in [-0.1, -0.05) is 45.9 Å². The fourth-order valence-corrected chi connectivity index (χ4v) is 6.16. The molecule has 0 radical (unpaired) electrons. The molecule has 0 aliphatic carbocycles. The van der Waals surface area contributed by atoms with Gasteiger partial charge in [-0.25, -0.2) is 9.59 Å². The maximum atomic E-state index is 12.6. The van der Waals surface area contributed by atoms with Gasteiger partial charge in [0.05, 0.1) is 49.6 Å². The molecule has 0 aliphatic heterocycles. The smallest absolute Gasteiger partial charge is 0.330 e. The number of aliphatic hydroxyl groups is 2. The summed E-state index contributed by atoms with van der Waals surface area (Å²) < 4.78 is 9.16. The number of esters is 2. The van der Waals surface area contributed by atoms with Crippen molar-refractivity contribution in [3.8, 4) is 0 Å². The molecule has 0 saturated heterocycles. The summed E-state index contributed by atoms with van der Waals surface area (Å²) in [6.45, 7) is -1.46. The Morgan fingerprint density at radius 3 is 1.49 bits per heavy atom. The summed E-state index contributed by atoms with van der Waals surface area (Å²) in [6.07, 6.45) is 2.79. The Labute approximate surface area is 263 Å². The highest BCUT2D eigenvalue weighted by Gasteiger charge is 2.23. The summed E-state index contributed by atoms with van der Waals surface area (Å²) in [6, 6.07) is 12.0. The molecule has 2 heterocycles. The molecule has 0 bridgehead atoms. The van der Waals surface area contributed by atoms with Gasteiger partial charge in [0.1, 0.15) is 0 Å². The van der Waals surface area contributed by atoms with Crippen LogP contribution in [0.25, 0.3) is 21.8 Å². The number of pyridine rings is 2. The summed E-state index contributed by atoms with van der Waals surface area (Å²) in [5.41, 5.74) is 1.76. The predicted molar refractivity (Wildman–Crippen MR) is 165 cm³/mol. The molecule has 45 heavy (non-hydrogen) atoms. The van der Waals surface area contributed by atoms with E-state index in [1.54, 1.807) is 12.1 Å². The van der Waals surface area contributed by atoms with Crippen molar-refractivity contribution in [2.45, 2.75) is 21.9 Å². The van der Waals surface area contributed by atoms with Crippen LogP contribution in [0.1, 0.15) is 20.7 Å². The molecule has 2 aromatic heterocycles. The maximum absolute atomic E-state index is 12.6. The van der Waals surface area contributed by atoms with E-state index in [4.69, 9.17) is 9.90 Å². The van der Waals surface area contributed by atoms with Gasteiger partial charge in [0, 0.05) is 33.0 Å². The summed E-state index contributed by atoms with van der Waals surface area (Å²) in [7, 11) is 5.22. The third-order valence-electron chi connectivity index (χ3n) is 6.04. The molecular formula is C29H28N4O10S2. The molecule has 14 nitrogen and oxygen atoms in total. The number of para-hydroxylation sites is 2. The number of benzene rings is 2. The third kappa shape index (κ3) is 8.89. The van der Waals surface area contributed by atoms with Gasteiger partial charge in [0.2, 0.25) is 0 Å². The number of nitrogens with one attached hydrogen (secondary N) is 2. The first-order valence-corrected chi connectivity index (χ1v) is 15.0. The van der Waals surface area contributed by atoms with Crippen LogP contribution in [0.5, 0.6) is 0 Å². The molecule has 0 unspecified atom stereocenters. The maximum Gasteiger partial charge on any atom is 0.330 e. The van der Waals surface area contributed by atoms with E-state index >= 15 is 0 Å². The Balaban J connectivity index is 0.00000177. The zero-order chi connectivity index (χ0) is 32.9. The highest BCUT2D eigenvalue weighted by molar-refractivity contribution is 8.76. The van der Waals surface area contributed by atoms with Gasteiger partial charge < -0.3 is 35.4 Å². The van der Waals surface area contributed by atoms with Crippen molar-refractivity contribution in [2.75, 3.05) is 27.4 Å². The Bertz CT molecular complexity index is 1580. The van der Waals surface area contributed by atoms with Crippen molar-refractivity contribution in [3.05, 3.63) is 72.1 Å². The van der Waals surface area contributed by atoms with Crippen molar-refractivity contribution >= 4 is 73.6 Å². The SMILES string of the molecule is COC(=O)[C@H](CO)NC(=O)c1cnc2c(SSc3cccc4cc(C(=O)N[C@@H](CO)C(=O)OC)cnc34)cccc2c1.O=CO. The molecule has 2 atom stereocenters. The minimum Gasteiger partial charge on any atom is -0.483 e. The standard InChI is InChI=1S/C28H26N4O8S2.CH2O2/c1-39-27(37)19(13-33)31-25(35)17-9-15-5-3-7-21(23(15)29-11-17)41-42-22-8-4-6-16-10-18(12-30-24(16)22)26(36)32-20(14-34)28(38)40-2;2-1-3/h3-12,19-20,33-34H,13-14H2,1-2H3,(H,31,35)(H,32,36);1H,(H,2,3)/t19-,20-;/m0./s1. The number of nitrogens with zero attached hydrogens (tertiary/aromatic N) is 2. The summed E-state index contributed by atoms with van der Waals surface area (Å²) in [4.78, 5) is 67.6. The number of hydrogen-bond acceptors (Lipinski definition) is 13. The van der Waals surface area contributed by atoms with Crippen LogP contribution in [0.3, 0.4) is 0 Å². The molecule has 2 aromatic carbocycles. The van der Waals surface area contributed by atoms with E-state index < -0.39 is 49.1 Å². The van der Waals surface area contributed by atoms with Crippen LogP contribution in [0.4, 0.5) is 0 Å². The number of fused-ring (bicyclic) bond motifs is 2. The highest BCUT2D eigenvalue weighted by Crippen LogP contribution is 2.42. The molecule has 0 spiro atoms. The third-order valence-corrected chi connectivity index (χ3v) is 8.47. The quantitative estimate of drug-likeness (QED) is 0.0885. The molecule has 0 fully saturated rings. The van der Waals surface area contributed by atoms with Gasteiger partial charge in [0.25, 0.3) is 18.3 Å². The van der Waals surface area contributed by atoms with Gasteiger partial charge in [-0.3, -0.25) is 24.4 Å². The summed E-state index contributed by atoms with van der Waals surface area (Å²) >= 11 is 0. The van der Waals surface area contributed by atoms with Crippen LogP contribution in [0, 0.1) is 0 Å². The second-order valence-corrected chi connectivity index (χ2v) is 11.1. The monoisotopic (exact) mass is 656 g/mol. The molecule has 0 saturated carbocycles. The number of methoxy groups -OCH3 is 2. The molecule has 2 amide bonds. The highest BCUT2D eigenvalue weighted by atomic mass is 33.1. The lowest BCUT2D eigenvalue weighted by Gasteiger charge is -2.14. The number of carbonyl (C=O) groups excluding carboxylic acids is 4. The molecule has 5 N–H and O–H groups in total. The molecule has 16 heteroatoms. The lowest BCUT2D eigenvalue weighted by atomic mass is 10.1. The lowest BCUT2D eigenvalue weighted by Crippen LogP contribution is -2.44. The van der Waals surface area contributed by atoms with Crippen LogP contribution in [0.15, 0.2) is 70.7 Å². The largest absolute Gasteiger partial charge is 0.483 e. The molecule has 4 rings (SSSR count). The number of amides is 2. The minimum absolute atomic E-state index is 0.217. The fourth-order valence-electron chi connectivity index (χ4n) is 3.86. The van der Waals surface area contributed by atoms with Crippen molar-refractivity contribution in [1.82, 2.24) is 20.6 Å². The van der Waals surface area contributed by atoms with Crippen LogP contribution < -0.4 is 10.6 Å². The van der Waals surface area contributed by atoms with E-state index in [9.17, 15) is 29.4 Å². The summed E-state index contributed by atoms with van der Waals surface area (Å²) in [5, 5.41) is 31.9. The van der Waals surface area contributed by atoms with E-state index in [-0.39, 0.29) is 17.6 Å². The van der Waals surface area contributed by atoms with Crippen LogP contribution >= 0.6 is 21.6 Å². The first-order valence-electron chi connectivity index (χ1n) is 12.9. The molecule has 0 aliphatic rings. The second-order valence-electron chi connectivity index (χ2n) is 8.84. The second kappa shape index (κ2) is 16.9. The average Bonchev–Trinajstić information content (AvgIpc) is 3.07. The first kappa shape index (κ1) is 34.7. The Morgan fingerprint density at radius 1 is 0.778 bits per heavy atom. The topological polar surface area (TPSA) is 214 Å². The van der Waals surface area contributed by atoms with E-state index in [0.717, 1.165) is 9.79 Å². The zero-order valence-corrected chi connectivity index (χ0v) is 25.5. The van der Waals surface area contributed by atoms with E-state index in [1.807, 2.05) is 36.4 Å². The van der Waals surface area contributed by atoms with Crippen LogP contribution in [0.2, 0.25) is 0 Å². The number of carbonyl (C=O) groups is 5. The van der Waals surface area contributed by atoms with Gasteiger partial charge in [-0.2, -0.15) is 0 Å². The molecule has 4 aromatic rings. The van der Waals surface area contributed by atoms with E-state index in [1.165, 1.54) is 48.2 Å². The normalized spacial score (nSPS) is 11.8. The van der Waals surface area contributed by atoms with Gasteiger partial charge in [-0.05, 0) is 24.3 Å². The van der Waals surface area contributed by atoms with Gasteiger partial charge >= 0.3 is 11.9 Å². The van der Waals surface area contributed by atoms with E-state index in [0.29, 0.717) is 21.8 Å². The zero-order valence-electron chi connectivity index (χ0n) is 23.8. The van der Waals surface area contributed by atoms with Gasteiger partial charge in [0.15, 0.2) is 12.1 Å². The van der Waals surface area contributed by atoms with Crippen molar-refractivity contribution in [1.29, 1.82) is 0 Å². The van der Waals surface area contributed by atoms with E-state index in [2.05, 4.69) is 30.1 Å². The number of hydrogen-bond donors (Lipinski definition) is 5. The Hall–Kier alpha value is -4.77. The Morgan fingerprint density at radius 2 is 1.16 bits per heavy atom. The fraction of sp³-hybridized carbons (Fsp3) is 0.207. The first-order chi connectivity index (χ1) is 21.7. The van der Waals surface area contributed by atoms with Gasteiger partial charge in [-0.15, -0.1) is 0 Å². The van der Waals surface area contributed by atoms with Crippen LogP contribution in [-0.2, 0) is 23.9 Å². The average molecular weight is 657 g/mol. The van der Waals surface area contributed by atoms with Crippen molar-refractivity contribution in [2.24, 2.45) is 0 Å². The van der Waals surface area contributed by atoms with Crippen molar-refractivity contribution in [3.63, 3.8) is 0 Å². The minimum atomic E-state index is -1.19. The predicted octanol–water partition coefficient (Wildman–Crippen LogP) is 1.81. The lowest BCUT2D eigenvalue weighted by molar-refractivity contribution is -0.144. The summed E-state index contributed by atoms with van der Waals surface area (Å²) in [5.74, 6) is -2.67. The van der Waals surface area contributed by atoms with Crippen molar-refractivity contribution < 1.29 is 48.8 Å². The number of rotatable bonds is 11. The number of aliphatic hydroxyl groups excluding tert-OH is 2. The number of ether oxygens (including phenoxy) is 2. The Kier molecular flexibility index (Phi) is 13.0. The number of aromatic nitrogens is 2.